The summed E-state index contributed by atoms with van der Waals surface area (Å²) in [4.78, 5) is 13.1. The van der Waals surface area contributed by atoms with E-state index in [1.807, 2.05) is 0 Å². The summed E-state index contributed by atoms with van der Waals surface area (Å²) in [5.41, 5.74) is 0.326. The summed E-state index contributed by atoms with van der Waals surface area (Å²) in [5.74, 6) is -0.739. The molecule has 1 aromatic heterocycles. The Morgan fingerprint density at radius 1 is 1.41 bits per heavy atom. The van der Waals surface area contributed by atoms with Gasteiger partial charge in [-0.25, -0.2) is 5.10 Å². The summed E-state index contributed by atoms with van der Waals surface area (Å²) in [5, 5.41) is 18.5. The highest BCUT2D eigenvalue weighted by atomic mass is 31.1. The number of hydrogen-bond acceptors (Lipinski definition) is 5. The third-order valence-corrected chi connectivity index (χ3v) is 2.99. The van der Waals surface area contributed by atoms with Gasteiger partial charge in [0.25, 0.3) is 5.78 Å². The second-order valence-electron chi connectivity index (χ2n) is 3.24. The minimum Gasteiger partial charge on any atom is -0.507 e. The van der Waals surface area contributed by atoms with E-state index in [0.29, 0.717) is 5.56 Å². The van der Waals surface area contributed by atoms with Crippen LogP contribution in [-0.4, -0.2) is 25.2 Å². The number of aromatic hydroxyl groups is 1. The van der Waals surface area contributed by atoms with E-state index in [0.717, 1.165) is 0 Å². The van der Waals surface area contributed by atoms with Crippen LogP contribution in [-0.2, 0) is 4.57 Å². The highest BCUT2D eigenvalue weighted by molar-refractivity contribution is 7.38. The lowest BCUT2D eigenvalue weighted by atomic mass is 10.2. The number of H-pyrrole nitrogens is 1. The van der Waals surface area contributed by atoms with Gasteiger partial charge in [0.1, 0.15) is 12.1 Å². The molecule has 17 heavy (non-hydrogen) atoms. The van der Waals surface area contributed by atoms with E-state index in [2.05, 4.69) is 20.5 Å². The van der Waals surface area contributed by atoms with Gasteiger partial charge in [0.15, 0.2) is 0 Å². The predicted molar refractivity (Wildman–Crippen MR) is 60.7 cm³/mol. The van der Waals surface area contributed by atoms with Crippen molar-refractivity contribution in [2.75, 3.05) is 5.32 Å². The van der Waals surface area contributed by atoms with Crippen LogP contribution in [0.1, 0.15) is 11.3 Å². The predicted octanol–water partition coefficient (Wildman–Crippen LogP) is 1.36. The SMILES string of the molecule is O=[P+](O)C(Nc1ncn[nH]1)c1ccccc1O. The highest BCUT2D eigenvalue weighted by Gasteiger charge is 2.33. The molecule has 88 valence electrons. The van der Waals surface area contributed by atoms with Crippen LogP contribution >= 0.6 is 8.03 Å². The van der Waals surface area contributed by atoms with Crippen molar-refractivity contribution in [1.29, 1.82) is 0 Å². The van der Waals surface area contributed by atoms with E-state index in [1.165, 1.54) is 12.4 Å². The molecular formula is C9H10N4O3P+. The van der Waals surface area contributed by atoms with E-state index < -0.39 is 13.8 Å². The number of nitrogens with one attached hydrogen (secondary N) is 2. The first-order chi connectivity index (χ1) is 8.18. The van der Waals surface area contributed by atoms with E-state index in [4.69, 9.17) is 0 Å². The first kappa shape index (κ1) is 11.5. The maximum atomic E-state index is 11.3. The lowest BCUT2D eigenvalue weighted by Crippen LogP contribution is -2.08. The second kappa shape index (κ2) is 4.90. The first-order valence-corrected chi connectivity index (χ1v) is 6.01. The van der Waals surface area contributed by atoms with Crippen molar-refractivity contribution in [3.63, 3.8) is 0 Å². The van der Waals surface area contributed by atoms with Crippen molar-refractivity contribution >= 4 is 14.0 Å². The van der Waals surface area contributed by atoms with Crippen LogP contribution in [0.5, 0.6) is 5.75 Å². The molecule has 2 aromatic rings. The molecule has 0 amide bonds. The molecule has 0 aliphatic rings. The molecule has 0 saturated heterocycles. The molecular weight excluding hydrogens is 243 g/mol. The average Bonchev–Trinajstić information content (AvgIpc) is 2.79. The Labute approximate surface area is 97.4 Å². The molecule has 0 bridgehead atoms. The van der Waals surface area contributed by atoms with Crippen molar-refractivity contribution in [2.24, 2.45) is 0 Å². The molecule has 2 rings (SSSR count). The Morgan fingerprint density at radius 3 is 2.76 bits per heavy atom. The smallest absolute Gasteiger partial charge is 0.507 e. The maximum Gasteiger partial charge on any atom is 0.535 e. The van der Waals surface area contributed by atoms with Crippen molar-refractivity contribution in [3.8, 4) is 5.75 Å². The van der Waals surface area contributed by atoms with Gasteiger partial charge in [-0.05, 0) is 16.7 Å². The average molecular weight is 253 g/mol. The van der Waals surface area contributed by atoms with Crippen LogP contribution in [0.2, 0.25) is 0 Å². The first-order valence-electron chi connectivity index (χ1n) is 4.73. The molecule has 0 aliphatic carbocycles. The van der Waals surface area contributed by atoms with Crippen LogP contribution < -0.4 is 5.32 Å². The Morgan fingerprint density at radius 2 is 2.18 bits per heavy atom. The van der Waals surface area contributed by atoms with Crippen molar-refractivity contribution < 1.29 is 14.6 Å². The number of phenolic OH excluding ortho intramolecular Hbond substituents is 1. The summed E-state index contributed by atoms with van der Waals surface area (Å²) in [7, 11) is -2.57. The molecule has 0 spiro atoms. The van der Waals surface area contributed by atoms with Gasteiger partial charge in [0.2, 0.25) is 5.95 Å². The lowest BCUT2D eigenvalue weighted by molar-refractivity contribution is 0.461. The van der Waals surface area contributed by atoms with Gasteiger partial charge < -0.3 is 10.4 Å². The number of nitrogens with zero attached hydrogens (tertiary/aromatic N) is 2. The maximum absolute atomic E-state index is 11.3. The van der Waals surface area contributed by atoms with Crippen molar-refractivity contribution in [2.45, 2.75) is 5.78 Å². The van der Waals surface area contributed by atoms with Gasteiger partial charge in [0.05, 0.1) is 5.56 Å². The number of benzene rings is 1. The summed E-state index contributed by atoms with van der Waals surface area (Å²) in [6, 6.07) is 6.31. The lowest BCUT2D eigenvalue weighted by Gasteiger charge is -2.08. The van der Waals surface area contributed by atoms with Gasteiger partial charge >= 0.3 is 8.03 Å². The largest absolute Gasteiger partial charge is 0.535 e. The van der Waals surface area contributed by atoms with Crippen LogP contribution in [0.15, 0.2) is 30.6 Å². The zero-order valence-electron chi connectivity index (χ0n) is 8.61. The van der Waals surface area contributed by atoms with Gasteiger partial charge in [0, 0.05) is 0 Å². The van der Waals surface area contributed by atoms with Crippen LogP contribution in [0, 0.1) is 0 Å². The van der Waals surface area contributed by atoms with E-state index in [9.17, 15) is 14.6 Å². The Kier molecular flexibility index (Phi) is 3.32. The third kappa shape index (κ3) is 2.58. The zero-order chi connectivity index (χ0) is 12.3. The normalized spacial score (nSPS) is 13.1. The Hall–Kier alpha value is -1.98. The monoisotopic (exact) mass is 253 g/mol. The summed E-state index contributed by atoms with van der Waals surface area (Å²) in [6.07, 6.45) is 1.27. The number of rotatable bonds is 4. The van der Waals surface area contributed by atoms with Gasteiger partial charge in [-0.2, -0.15) is 15.0 Å². The van der Waals surface area contributed by atoms with Crippen LogP contribution in [0.3, 0.4) is 0 Å². The number of aromatic amines is 1. The molecule has 0 radical (unpaired) electrons. The van der Waals surface area contributed by atoms with E-state index in [1.54, 1.807) is 18.2 Å². The number of para-hydroxylation sites is 1. The van der Waals surface area contributed by atoms with Crippen molar-refractivity contribution in [3.05, 3.63) is 36.2 Å². The minimum atomic E-state index is -2.57. The quantitative estimate of drug-likeness (QED) is 0.612. The highest BCUT2D eigenvalue weighted by Crippen LogP contribution is 2.40. The Balaban J connectivity index is 2.30. The fourth-order valence-electron chi connectivity index (χ4n) is 1.38. The van der Waals surface area contributed by atoms with Crippen LogP contribution in [0.25, 0.3) is 0 Å². The van der Waals surface area contributed by atoms with Gasteiger partial charge in [-0.15, -0.1) is 0 Å². The fraction of sp³-hybridized carbons (Fsp3) is 0.111. The molecule has 2 unspecified atom stereocenters. The van der Waals surface area contributed by atoms with Gasteiger partial charge in [-0.3, -0.25) is 0 Å². The summed E-state index contributed by atoms with van der Waals surface area (Å²) >= 11 is 0. The zero-order valence-corrected chi connectivity index (χ0v) is 9.50. The molecule has 4 N–H and O–H groups in total. The number of aromatic nitrogens is 3. The van der Waals surface area contributed by atoms with Gasteiger partial charge in [-0.1, -0.05) is 12.1 Å². The van der Waals surface area contributed by atoms with Crippen LogP contribution in [0.4, 0.5) is 5.95 Å². The third-order valence-electron chi connectivity index (χ3n) is 2.14. The fourth-order valence-corrected chi connectivity index (χ4v) is 2.06. The molecule has 2 atom stereocenters. The molecule has 8 heteroatoms. The van der Waals surface area contributed by atoms with E-state index >= 15 is 0 Å². The standard InChI is InChI=1S/C9H9N4O3P/c14-7-4-2-1-3-6(7)8(17(15)16)12-9-10-5-11-13-9/h1-5,8H,(H3-,10,11,12,13,14,15,16)/p+1. The number of anilines is 1. The van der Waals surface area contributed by atoms with E-state index in [-0.39, 0.29) is 11.7 Å². The summed E-state index contributed by atoms with van der Waals surface area (Å²) in [6.45, 7) is 0. The molecule has 0 saturated carbocycles. The molecule has 7 nitrogen and oxygen atoms in total. The number of phenols is 1. The Bertz CT molecular complexity index is 517. The minimum absolute atomic E-state index is 0.0538. The summed E-state index contributed by atoms with van der Waals surface area (Å²) < 4.78 is 11.3. The molecule has 0 aliphatic heterocycles. The molecule has 1 aromatic carbocycles. The molecule has 0 fully saturated rings. The molecule has 1 heterocycles. The topological polar surface area (TPSA) is 111 Å². The number of hydrogen-bond donors (Lipinski definition) is 4. The second-order valence-corrected chi connectivity index (χ2v) is 4.36. The van der Waals surface area contributed by atoms with Crippen molar-refractivity contribution in [1.82, 2.24) is 15.2 Å².